The minimum atomic E-state index is -3.62. The lowest BCUT2D eigenvalue weighted by atomic mass is 10.0. The van der Waals surface area contributed by atoms with Gasteiger partial charge in [0.25, 0.3) is 0 Å². The number of carbonyl (C=O) groups excluding carboxylic acids is 1. The predicted octanol–water partition coefficient (Wildman–Crippen LogP) is 2.23. The lowest BCUT2D eigenvalue weighted by Crippen LogP contribution is -2.49. The lowest BCUT2D eigenvalue weighted by molar-refractivity contribution is -0.117. The quantitative estimate of drug-likeness (QED) is 0.812. The number of aryl methyl sites for hydroxylation is 1. The number of nitrogens with one attached hydrogen (secondary N) is 2. The van der Waals surface area contributed by atoms with Crippen molar-refractivity contribution >= 4 is 21.7 Å². The maximum atomic E-state index is 12.9. The molecule has 0 radical (unpaired) electrons. The number of H-pyrrole nitrogens is 1. The normalized spacial score (nSPS) is 16.6. The standard InChI is InChI=1S/C16H23N5O4S/c1-10-9-12(21-25-10)13-17-15(20-19-13)18-14(22)16(2,3)26(23,24)11-7-5-4-6-8-11/h9,11H,4-8H2,1-3H3,(H2,17,18,19,20,22). The van der Waals surface area contributed by atoms with Crippen LogP contribution in [0.15, 0.2) is 10.6 Å². The van der Waals surface area contributed by atoms with Gasteiger partial charge in [0.1, 0.15) is 10.5 Å². The fourth-order valence-corrected chi connectivity index (χ4v) is 5.19. The van der Waals surface area contributed by atoms with Crippen LogP contribution in [-0.4, -0.2) is 44.7 Å². The molecule has 26 heavy (non-hydrogen) atoms. The van der Waals surface area contributed by atoms with Crippen molar-refractivity contribution in [3.8, 4) is 11.5 Å². The molecule has 0 bridgehead atoms. The summed E-state index contributed by atoms with van der Waals surface area (Å²) in [5, 5.41) is 13.6. The smallest absolute Gasteiger partial charge is 0.247 e. The van der Waals surface area contributed by atoms with Crippen molar-refractivity contribution in [3.05, 3.63) is 11.8 Å². The second-order valence-corrected chi connectivity index (χ2v) is 9.89. The molecule has 1 aliphatic carbocycles. The summed E-state index contributed by atoms with van der Waals surface area (Å²) in [5.41, 5.74) is 0.449. The molecule has 1 fully saturated rings. The summed E-state index contributed by atoms with van der Waals surface area (Å²) in [6.45, 7) is 4.61. The molecule has 2 aromatic rings. The van der Waals surface area contributed by atoms with Crippen molar-refractivity contribution in [2.45, 2.75) is 62.9 Å². The van der Waals surface area contributed by atoms with Gasteiger partial charge in [-0.2, -0.15) is 0 Å². The Labute approximate surface area is 151 Å². The Balaban J connectivity index is 1.75. The van der Waals surface area contributed by atoms with Crippen molar-refractivity contribution in [3.63, 3.8) is 0 Å². The van der Waals surface area contributed by atoms with Gasteiger partial charge in [-0.05, 0) is 33.6 Å². The molecule has 0 unspecified atom stereocenters. The second-order valence-electron chi connectivity index (χ2n) is 7.11. The van der Waals surface area contributed by atoms with E-state index in [0.717, 1.165) is 19.3 Å². The van der Waals surface area contributed by atoms with Gasteiger partial charge in [-0.25, -0.2) is 8.42 Å². The third-order valence-corrected chi connectivity index (χ3v) is 7.80. The lowest BCUT2D eigenvalue weighted by Gasteiger charge is -2.30. The van der Waals surface area contributed by atoms with Crippen LogP contribution in [0.4, 0.5) is 5.95 Å². The number of carbonyl (C=O) groups is 1. The summed E-state index contributed by atoms with van der Waals surface area (Å²) in [7, 11) is -3.62. The van der Waals surface area contributed by atoms with Crippen LogP contribution in [0.3, 0.4) is 0 Å². The molecule has 2 heterocycles. The number of nitrogens with zero attached hydrogens (tertiary/aromatic N) is 3. The van der Waals surface area contributed by atoms with E-state index in [9.17, 15) is 13.2 Å². The fourth-order valence-electron chi connectivity index (χ4n) is 3.09. The van der Waals surface area contributed by atoms with Gasteiger partial charge < -0.3 is 9.51 Å². The first kappa shape index (κ1) is 18.6. The summed E-state index contributed by atoms with van der Waals surface area (Å²) < 4.78 is 29.3. The number of amides is 1. The van der Waals surface area contributed by atoms with Crippen molar-refractivity contribution < 1.29 is 17.7 Å². The van der Waals surface area contributed by atoms with E-state index in [-0.39, 0.29) is 5.95 Å². The van der Waals surface area contributed by atoms with Gasteiger partial charge in [0.15, 0.2) is 21.4 Å². The highest BCUT2D eigenvalue weighted by molar-refractivity contribution is 7.94. The minimum absolute atomic E-state index is 0.0672. The Kier molecular flexibility index (Phi) is 4.87. The fraction of sp³-hybridized carbons (Fsp3) is 0.625. The van der Waals surface area contributed by atoms with Crippen LogP contribution < -0.4 is 5.32 Å². The molecule has 9 nitrogen and oxygen atoms in total. The molecule has 0 aliphatic heterocycles. The summed E-state index contributed by atoms with van der Waals surface area (Å²) in [5.74, 6) is 0.367. The average Bonchev–Trinajstić information content (AvgIpc) is 3.24. The largest absolute Gasteiger partial charge is 0.361 e. The Morgan fingerprint density at radius 2 is 1.96 bits per heavy atom. The molecule has 3 rings (SSSR count). The van der Waals surface area contributed by atoms with Crippen LogP contribution in [0.25, 0.3) is 11.5 Å². The van der Waals surface area contributed by atoms with Crippen LogP contribution in [0, 0.1) is 6.92 Å². The number of aromatic nitrogens is 4. The summed E-state index contributed by atoms with van der Waals surface area (Å²) in [6, 6.07) is 1.67. The summed E-state index contributed by atoms with van der Waals surface area (Å²) in [4.78, 5) is 15.5. The first-order valence-electron chi connectivity index (χ1n) is 8.63. The predicted molar refractivity (Wildman–Crippen MR) is 95.1 cm³/mol. The molecule has 2 aromatic heterocycles. The topological polar surface area (TPSA) is 131 Å². The minimum Gasteiger partial charge on any atom is -0.361 e. The highest BCUT2D eigenvalue weighted by Crippen LogP contribution is 2.32. The molecular formula is C16H23N5O4S. The third-order valence-electron chi connectivity index (χ3n) is 4.84. The van der Waals surface area contributed by atoms with Crippen LogP contribution in [0.5, 0.6) is 0 Å². The molecule has 0 aromatic carbocycles. The number of hydrogen-bond acceptors (Lipinski definition) is 7. The molecule has 1 amide bonds. The van der Waals surface area contributed by atoms with E-state index in [1.54, 1.807) is 13.0 Å². The Hall–Kier alpha value is -2.23. The third kappa shape index (κ3) is 3.37. The van der Waals surface area contributed by atoms with Gasteiger partial charge in [-0.1, -0.05) is 24.4 Å². The zero-order valence-corrected chi connectivity index (χ0v) is 15.9. The van der Waals surface area contributed by atoms with Crippen LogP contribution >= 0.6 is 0 Å². The summed E-state index contributed by atoms with van der Waals surface area (Å²) in [6.07, 6.45) is 4.02. The first-order valence-corrected chi connectivity index (χ1v) is 10.2. The number of anilines is 1. The van der Waals surface area contributed by atoms with Crippen molar-refractivity contribution in [1.29, 1.82) is 0 Å². The Morgan fingerprint density at radius 1 is 1.27 bits per heavy atom. The Bertz CT molecular complexity index is 893. The Morgan fingerprint density at radius 3 is 2.58 bits per heavy atom. The molecule has 142 valence electrons. The van der Waals surface area contributed by atoms with Gasteiger partial charge in [-0.15, -0.1) is 10.2 Å². The van der Waals surface area contributed by atoms with E-state index in [4.69, 9.17) is 4.52 Å². The van der Waals surface area contributed by atoms with Gasteiger partial charge in [-0.3, -0.25) is 10.1 Å². The van der Waals surface area contributed by atoms with Gasteiger partial charge in [0.05, 0.1) is 5.25 Å². The van der Waals surface area contributed by atoms with Gasteiger partial charge >= 0.3 is 0 Å². The van der Waals surface area contributed by atoms with E-state index < -0.39 is 25.7 Å². The van der Waals surface area contributed by atoms with Crippen LogP contribution in [0.1, 0.15) is 51.7 Å². The SMILES string of the molecule is Cc1cc(-c2nnc(NC(=O)C(C)(C)S(=O)(=O)C3CCCCC3)[nH]2)no1. The van der Waals surface area contributed by atoms with Crippen LogP contribution in [0.2, 0.25) is 0 Å². The van der Waals surface area contributed by atoms with Crippen LogP contribution in [-0.2, 0) is 14.6 Å². The van der Waals surface area contributed by atoms with E-state index in [2.05, 4.69) is 25.7 Å². The molecule has 0 spiro atoms. The molecule has 1 saturated carbocycles. The molecule has 2 N–H and O–H groups in total. The molecule has 0 saturated heterocycles. The van der Waals surface area contributed by atoms with Crippen molar-refractivity contribution in [2.24, 2.45) is 0 Å². The molecule has 10 heteroatoms. The van der Waals surface area contributed by atoms with Gasteiger partial charge in [0.2, 0.25) is 11.9 Å². The number of hydrogen-bond donors (Lipinski definition) is 2. The summed E-state index contributed by atoms with van der Waals surface area (Å²) >= 11 is 0. The van der Waals surface area contributed by atoms with Crippen molar-refractivity contribution in [2.75, 3.05) is 5.32 Å². The zero-order valence-electron chi connectivity index (χ0n) is 15.1. The maximum Gasteiger partial charge on any atom is 0.247 e. The number of aromatic amines is 1. The number of rotatable bonds is 5. The van der Waals surface area contributed by atoms with E-state index in [1.807, 2.05) is 0 Å². The average molecular weight is 381 g/mol. The highest BCUT2D eigenvalue weighted by Gasteiger charge is 2.46. The van der Waals surface area contributed by atoms with E-state index in [1.165, 1.54) is 13.8 Å². The first-order chi connectivity index (χ1) is 12.2. The highest BCUT2D eigenvalue weighted by atomic mass is 32.2. The molecule has 1 aliphatic rings. The zero-order chi connectivity index (χ0) is 18.9. The van der Waals surface area contributed by atoms with Crippen molar-refractivity contribution in [1.82, 2.24) is 20.3 Å². The maximum absolute atomic E-state index is 12.9. The van der Waals surface area contributed by atoms with Gasteiger partial charge in [0, 0.05) is 6.07 Å². The molecular weight excluding hydrogens is 358 g/mol. The monoisotopic (exact) mass is 381 g/mol. The van der Waals surface area contributed by atoms with E-state index >= 15 is 0 Å². The molecule has 0 atom stereocenters. The van der Waals surface area contributed by atoms with E-state index in [0.29, 0.717) is 30.1 Å². The number of sulfone groups is 1. The second kappa shape index (κ2) is 6.82.